The summed E-state index contributed by atoms with van der Waals surface area (Å²) in [5.74, 6) is -0.932. The lowest BCUT2D eigenvalue weighted by molar-refractivity contribution is -0.119. The van der Waals surface area contributed by atoms with Crippen molar-refractivity contribution in [2.24, 2.45) is 0 Å². The largest absolute Gasteiger partial charge is 0.452 e. The van der Waals surface area contributed by atoms with Gasteiger partial charge in [-0.15, -0.1) is 0 Å². The van der Waals surface area contributed by atoms with Crippen molar-refractivity contribution in [3.05, 3.63) is 94.5 Å². The summed E-state index contributed by atoms with van der Waals surface area (Å²) in [6.45, 7) is 7.44. The standard InChI is InChI=1S/C28H26N2O3/c1-17-9-11-21(12-10-17)27-20(4)26(23-7-5-6-8-24(23)30-27)28(32)33-16-25(31)29-22-14-18(2)13-19(3)15-22/h5-15H,16H2,1-4H3,(H,29,31). The molecule has 0 spiro atoms. The van der Waals surface area contributed by atoms with Gasteiger partial charge in [0.05, 0.1) is 16.8 Å². The van der Waals surface area contributed by atoms with Crippen molar-refractivity contribution in [2.45, 2.75) is 27.7 Å². The molecular formula is C28H26N2O3. The highest BCUT2D eigenvalue weighted by molar-refractivity contribution is 6.07. The van der Waals surface area contributed by atoms with Crippen molar-refractivity contribution in [1.82, 2.24) is 4.98 Å². The summed E-state index contributed by atoms with van der Waals surface area (Å²) >= 11 is 0. The van der Waals surface area contributed by atoms with Gasteiger partial charge in [0.2, 0.25) is 0 Å². The second-order valence-corrected chi connectivity index (χ2v) is 8.34. The Morgan fingerprint density at radius 1 is 0.848 bits per heavy atom. The summed E-state index contributed by atoms with van der Waals surface area (Å²) < 4.78 is 5.44. The van der Waals surface area contributed by atoms with Crippen LogP contribution in [0.3, 0.4) is 0 Å². The van der Waals surface area contributed by atoms with Crippen LogP contribution in [0.4, 0.5) is 5.69 Å². The Hall–Kier alpha value is -3.99. The Bertz CT molecular complexity index is 1340. The van der Waals surface area contributed by atoms with Crippen LogP contribution in [0.1, 0.15) is 32.6 Å². The van der Waals surface area contributed by atoms with Crippen LogP contribution in [0, 0.1) is 27.7 Å². The lowest BCUT2D eigenvalue weighted by Crippen LogP contribution is -2.21. The van der Waals surface area contributed by atoms with Crippen LogP contribution in [0.2, 0.25) is 0 Å². The lowest BCUT2D eigenvalue weighted by Gasteiger charge is -2.14. The van der Waals surface area contributed by atoms with E-state index in [-0.39, 0.29) is 12.5 Å². The van der Waals surface area contributed by atoms with E-state index in [1.165, 1.54) is 0 Å². The number of aryl methyl sites for hydroxylation is 3. The van der Waals surface area contributed by atoms with Gasteiger partial charge < -0.3 is 10.1 Å². The van der Waals surface area contributed by atoms with Gasteiger partial charge in [0.25, 0.3) is 5.91 Å². The van der Waals surface area contributed by atoms with Crippen LogP contribution < -0.4 is 5.32 Å². The molecule has 0 unspecified atom stereocenters. The van der Waals surface area contributed by atoms with Gasteiger partial charge in [0.1, 0.15) is 0 Å². The van der Waals surface area contributed by atoms with Crippen LogP contribution in [0.5, 0.6) is 0 Å². The van der Waals surface area contributed by atoms with E-state index in [9.17, 15) is 9.59 Å². The minimum atomic E-state index is -0.546. The highest BCUT2D eigenvalue weighted by Gasteiger charge is 2.21. The number of anilines is 1. The Kier molecular flexibility index (Phi) is 6.22. The van der Waals surface area contributed by atoms with E-state index in [0.717, 1.165) is 33.5 Å². The molecule has 0 saturated heterocycles. The quantitative estimate of drug-likeness (QED) is 0.392. The first-order chi connectivity index (χ1) is 15.8. The molecule has 166 valence electrons. The number of nitrogens with zero attached hydrogens (tertiary/aromatic N) is 1. The molecule has 0 aliphatic carbocycles. The van der Waals surface area contributed by atoms with Crippen LogP contribution in [0.25, 0.3) is 22.2 Å². The number of esters is 1. The zero-order valence-corrected chi connectivity index (χ0v) is 19.2. The zero-order valence-electron chi connectivity index (χ0n) is 19.2. The zero-order chi connectivity index (χ0) is 23.5. The third-order valence-corrected chi connectivity index (χ3v) is 5.50. The van der Waals surface area contributed by atoms with Gasteiger partial charge in [-0.1, -0.05) is 54.1 Å². The average molecular weight is 439 g/mol. The molecule has 0 bridgehead atoms. The summed E-state index contributed by atoms with van der Waals surface area (Å²) in [6, 6.07) is 21.3. The highest BCUT2D eigenvalue weighted by Crippen LogP contribution is 2.30. The number of pyridine rings is 1. The normalized spacial score (nSPS) is 10.8. The minimum Gasteiger partial charge on any atom is -0.452 e. The van der Waals surface area contributed by atoms with Crippen molar-refractivity contribution in [1.29, 1.82) is 0 Å². The predicted octanol–water partition coefficient (Wildman–Crippen LogP) is 5.93. The molecule has 1 aromatic heterocycles. The molecule has 0 aliphatic heterocycles. The maximum Gasteiger partial charge on any atom is 0.339 e. The monoisotopic (exact) mass is 438 g/mol. The topological polar surface area (TPSA) is 68.3 Å². The number of rotatable bonds is 5. The van der Waals surface area contributed by atoms with Gasteiger partial charge in [-0.2, -0.15) is 0 Å². The Balaban J connectivity index is 1.61. The van der Waals surface area contributed by atoms with E-state index in [1.54, 1.807) is 0 Å². The van der Waals surface area contributed by atoms with Crippen LogP contribution >= 0.6 is 0 Å². The number of para-hydroxylation sites is 1. The highest BCUT2D eigenvalue weighted by atomic mass is 16.5. The molecule has 4 aromatic rings. The first-order valence-corrected chi connectivity index (χ1v) is 10.8. The average Bonchev–Trinajstić information content (AvgIpc) is 2.77. The summed E-state index contributed by atoms with van der Waals surface area (Å²) in [7, 11) is 0. The molecule has 1 amide bonds. The molecule has 1 heterocycles. The number of amides is 1. The molecule has 0 saturated carbocycles. The van der Waals surface area contributed by atoms with Crippen molar-refractivity contribution in [2.75, 3.05) is 11.9 Å². The van der Waals surface area contributed by atoms with Gasteiger partial charge in [-0.25, -0.2) is 9.78 Å². The first-order valence-electron chi connectivity index (χ1n) is 10.8. The van der Waals surface area contributed by atoms with E-state index in [1.807, 2.05) is 94.4 Å². The maximum absolute atomic E-state index is 13.2. The smallest absolute Gasteiger partial charge is 0.339 e. The molecule has 3 aromatic carbocycles. The number of nitrogens with one attached hydrogen (secondary N) is 1. The van der Waals surface area contributed by atoms with Crippen molar-refractivity contribution < 1.29 is 14.3 Å². The van der Waals surface area contributed by atoms with Gasteiger partial charge in [0, 0.05) is 16.6 Å². The number of carbonyl (C=O) groups excluding carboxylic acids is 2. The SMILES string of the molecule is Cc1ccc(-c2nc3ccccc3c(C(=O)OCC(=O)Nc3cc(C)cc(C)c3)c2C)cc1. The number of benzene rings is 3. The van der Waals surface area contributed by atoms with Crippen molar-refractivity contribution in [3.8, 4) is 11.3 Å². The third kappa shape index (κ3) is 4.93. The van der Waals surface area contributed by atoms with Crippen LogP contribution in [0.15, 0.2) is 66.7 Å². The molecule has 33 heavy (non-hydrogen) atoms. The molecule has 5 heteroatoms. The van der Waals surface area contributed by atoms with Gasteiger partial charge in [0.15, 0.2) is 6.61 Å². The third-order valence-electron chi connectivity index (χ3n) is 5.50. The Morgan fingerprint density at radius 3 is 2.21 bits per heavy atom. The Labute approximate surface area is 193 Å². The fourth-order valence-electron chi connectivity index (χ4n) is 4.01. The molecule has 1 N–H and O–H groups in total. The van der Waals surface area contributed by atoms with Crippen LogP contribution in [-0.4, -0.2) is 23.5 Å². The van der Waals surface area contributed by atoms with E-state index in [4.69, 9.17) is 9.72 Å². The van der Waals surface area contributed by atoms with E-state index >= 15 is 0 Å². The number of hydrogen-bond acceptors (Lipinski definition) is 4. The lowest BCUT2D eigenvalue weighted by atomic mass is 9.97. The van der Waals surface area contributed by atoms with Gasteiger partial charge >= 0.3 is 5.97 Å². The molecule has 0 radical (unpaired) electrons. The summed E-state index contributed by atoms with van der Waals surface area (Å²) in [6.07, 6.45) is 0. The number of fused-ring (bicyclic) bond motifs is 1. The van der Waals surface area contributed by atoms with E-state index < -0.39 is 5.97 Å². The summed E-state index contributed by atoms with van der Waals surface area (Å²) in [5, 5.41) is 3.50. The number of aromatic nitrogens is 1. The summed E-state index contributed by atoms with van der Waals surface area (Å²) in [5.41, 5.74) is 7.41. The fraction of sp³-hybridized carbons (Fsp3) is 0.179. The molecule has 0 atom stereocenters. The van der Waals surface area contributed by atoms with Crippen molar-refractivity contribution >= 4 is 28.5 Å². The van der Waals surface area contributed by atoms with E-state index in [2.05, 4.69) is 5.32 Å². The molecule has 0 aliphatic rings. The Morgan fingerprint density at radius 2 is 1.52 bits per heavy atom. The predicted molar refractivity (Wildman–Crippen MR) is 131 cm³/mol. The number of ether oxygens (including phenoxy) is 1. The second-order valence-electron chi connectivity index (χ2n) is 8.34. The molecule has 4 rings (SSSR count). The van der Waals surface area contributed by atoms with Gasteiger partial charge in [-0.3, -0.25) is 4.79 Å². The molecule has 0 fully saturated rings. The summed E-state index contributed by atoms with van der Waals surface area (Å²) in [4.78, 5) is 30.4. The second kappa shape index (κ2) is 9.25. The maximum atomic E-state index is 13.2. The van der Waals surface area contributed by atoms with Crippen LogP contribution in [-0.2, 0) is 9.53 Å². The van der Waals surface area contributed by atoms with Gasteiger partial charge in [-0.05, 0) is 62.6 Å². The van der Waals surface area contributed by atoms with Crippen molar-refractivity contribution in [3.63, 3.8) is 0 Å². The molecular weight excluding hydrogens is 412 g/mol. The first kappa shape index (κ1) is 22.2. The minimum absolute atomic E-state index is 0.373. The fourth-order valence-corrected chi connectivity index (χ4v) is 4.01. The molecule has 5 nitrogen and oxygen atoms in total. The van der Waals surface area contributed by atoms with E-state index in [0.29, 0.717) is 22.2 Å². The number of hydrogen-bond donors (Lipinski definition) is 1. The number of carbonyl (C=O) groups is 2.